The minimum atomic E-state index is -1.43. The molecule has 2 heterocycles. The summed E-state index contributed by atoms with van der Waals surface area (Å²) in [5.41, 5.74) is 0.0286. The molecule has 1 aromatic carbocycles. The summed E-state index contributed by atoms with van der Waals surface area (Å²) >= 11 is 0. The van der Waals surface area contributed by atoms with E-state index in [9.17, 15) is 9.00 Å². The van der Waals surface area contributed by atoms with Crippen molar-refractivity contribution in [3.05, 3.63) is 41.9 Å². The third-order valence-corrected chi connectivity index (χ3v) is 4.32. The summed E-state index contributed by atoms with van der Waals surface area (Å²) in [5.74, 6) is 0.249. The zero-order valence-electron chi connectivity index (χ0n) is 10.9. The number of fused-ring (bicyclic) bond motifs is 1. The van der Waals surface area contributed by atoms with Gasteiger partial charge in [0.05, 0.1) is 22.8 Å². The first-order valence-electron chi connectivity index (χ1n) is 6.23. The van der Waals surface area contributed by atoms with E-state index in [-0.39, 0.29) is 17.1 Å². The largest absolute Gasteiger partial charge is 0.486 e. The molecule has 7 heteroatoms. The SMILES string of the molecule is O=C(O)c1ccoc1CS(=O)c1ccc2c(c1)OCCO2. The molecule has 0 saturated carbocycles. The van der Waals surface area contributed by atoms with Crippen molar-refractivity contribution in [2.24, 2.45) is 0 Å². The second-order valence-electron chi connectivity index (χ2n) is 4.36. The molecule has 1 unspecified atom stereocenters. The molecule has 21 heavy (non-hydrogen) atoms. The number of hydrogen-bond donors (Lipinski definition) is 1. The molecule has 1 atom stereocenters. The van der Waals surface area contributed by atoms with Crippen LogP contribution in [-0.2, 0) is 16.6 Å². The molecule has 0 aliphatic carbocycles. The first kappa shape index (κ1) is 13.7. The Labute approximate surface area is 122 Å². The van der Waals surface area contributed by atoms with Crippen molar-refractivity contribution in [1.29, 1.82) is 0 Å². The van der Waals surface area contributed by atoms with Gasteiger partial charge in [0.25, 0.3) is 0 Å². The van der Waals surface area contributed by atoms with Crippen LogP contribution in [0.3, 0.4) is 0 Å². The maximum absolute atomic E-state index is 12.3. The minimum absolute atomic E-state index is 0.00568. The van der Waals surface area contributed by atoms with E-state index in [0.717, 1.165) is 0 Å². The lowest BCUT2D eigenvalue weighted by Crippen LogP contribution is -2.15. The van der Waals surface area contributed by atoms with Gasteiger partial charge in [-0.15, -0.1) is 0 Å². The second kappa shape index (κ2) is 5.61. The second-order valence-corrected chi connectivity index (χ2v) is 5.81. The van der Waals surface area contributed by atoms with Gasteiger partial charge < -0.3 is 19.0 Å². The predicted molar refractivity (Wildman–Crippen MR) is 73.2 cm³/mol. The van der Waals surface area contributed by atoms with Gasteiger partial charge in [-0.25, -0.2) is 4.79 Å². The summed E-state index contributed by atoms with van der Waals surface area (Å²) in [4.78, 5) is 11.5. The van der Waals surface area contributed by atoms with Crippen molar-refractivity contribution in [3.63, 3.8) is 0 Å². The van der Waals surface area contributed by atoms with E-state index in [1.807, 2.05) is 0 Å². The zero-order valence-corrected chi connectivity index (χ0v) is 11.7. The van der Waals surface area contributed by atoms with Crippen molar-refractivity contribution in [1.82, 2.24) is 0 Å². The maximum atomic E-state index is 12.3. The van der Waals surface area contributed by atoms with Crippen LogP contribution in [0.15, 0.2) is 39.8 Å². The van der Waals surface area contributed by atoms with E-state index >= 15 is 0 Å². The van der Waals surface area contributed by atoms with Gasteiger partial charge in [0.15, 0.2) is 11.5 Å². The van der Waals surface area contributed by atoms with Crippen molar-refractivity contribution in [2.75, 3.05) is 13.2 Å². The van der Waals surface area contributed by atoms with E-state index in [1.54, 1.807) is 18.2 Å². The molecule has 0 fully saturated rings. The Hall–Kier alpha value is -2.28. The number of furan rings is 1. The molecule has 1 aliphatic rings. The van der Waals surface area contributed by atoms with E-state index in [4.69, 9.17) is 19.0 Å². The van der Waals surface area contributed by atoms with Gasteiger partial charge in [0, 0.05) is 11.0 Å². The number of carboxylic acid groups (broad SMARTS) is 1. The molecule has 0 saturated heterocycles. The molecule has 1 aliphatic heterocycles. The van der Waals surface area contributed by atoms with E-state index in [0.29, 0.717) is 29.6 Å². The normalized spacial score (nSPS) is 14.7. The molecule has 110 valence electrons. The molecule has 0 radical (unpaired) electrons. The summed E-state index contributed by atoms with van der Waals surface area (Å²) in [7, 11) is -1.43. The molecule has 1 N–H and O–H groups in total. The van der Waals surface area contributed by atoms with Gasteiger partial charge in [-0.2, -0.15) is 0 Å². The number of aromatic carboxylic acids is 1. The molecule has 1 aromatic heterocycles. The fraction of sp³-hybridized carbons (Fsp3) is 0.214. The molecule has 2 aromatic rings. The number of rotatable bonds is 4. The number of carboxylic acids is 1. The van der Waals surface area contributed by atoms with Crippen molar-refractivity contribution < 1.29 is 28.0 Å². The average molecular weight is 308 g/mol. The highest BCUT2D eigenvalue weighted by Crippen LogP contribution is 2.32. The summed E-state index contributed by atoms with van der Waals surface area (Å²) < 4.78 is 28.3. The summed E-state index contributed by atoms with van der Waals surface area (Å²) in [5, 5.41) is 9.00. The lowest BCUT2D eigenvalue weighted by Gasteiger charge is -2.18. The Morgan fingerprint density at radius 1 is 1.19 bits per heavy atom. The number of carbonyl (C=O) groups is 1. The van der Waals surface area contributed by atoms with E-state index in [2.05, 4.69) is 0 Å². The average Bonchev–Trinajstić information content (AvgIpc) is 2.95. The summed E-state index contributed by atoms with van der Waals surface area (Å²) in [6.07, 6.45) is 1.28. The van der Waals surface area contributed by atoms with Crippen molar-refractivity contribution in [2.45, 2.75) is 10.6 Å². The molecule has 0 spiro atoms. The third-order valence-electron chi connectivity index (χ3n) is 3.01. The standard InChI is InChI=1S/C14H12O6S/c15-14(16)10-3-4-18-13(10)8-21(17)9-1-2-11-12(7-9)20-6-5-19-11/h1-4,7H,5-6,8H2,(H,15,16). The van der Waals surface area contributed by atoms with Crippen LogP contribution in [-0.4, -0.2) is 28.5 Å². The monoisotopic (exact) mass is 308 g/mol. The lowest BCUT2D eigenvalue weighted by atomic mass is 10.3. The minimum Gasteiger partial charge on any atom is -0.486 e. The number of benzene rings is 1. The Morgan fingerprint density at radius 3 is 2.71 bits per heavy atom. The van der Waals surface area contributed by atoms with Gasteiger partial charge in [0.1, 0.15) is 24.5 Å². The van der Waals surface area contributed by atoms with Crippen LogP contribution >= 0.6 is 0 Å². The molecular weight excluding hydrogens is 296 g/mol. The van der Waals surface area contributed by atoms with Gasteiger partial charge >= 0.3 is 5.97 Å². The van der Waals surface area contributed by atoms with Gasteiger partial charge in [-0.1, -0.05) is 0 Å². The number of ether oxygens (including phenoxy) is 2. The van der Waals surface area contributed by atoms with Gasteiger partial charge in [-0.3, -0.25) is 4.21 Å². The molecule has 3 rings (SSSR count). The zero-order chi connectivity index (χ0) is 14.8. The summed E-state index contributed by atoms with van der Waals surface area (Å²) in [6.45, 7) is 0.939. The van der Waals surface area contributed by atoms with Crippen LogP contribution in [0, 0.1) is 0 Å². The van der Waals surface area contributed by atoms with Crippen LogP contribution in [0.4, 0.5) is 0 Å². The van der Waals surface area contributed by atoms with Crippen LogP contribution in [0.1, 0.15) is 16.1 Å². The Bertz CT molecular complexity index is 705. The smallest absolute Gasteiger partial charge is 0.339 e. The highest BCUT2D eigenvalue weighted by Gasteiger charge is 2.19. The van der Waals surface area contributed by atoms with Crippen molar-refractivity contribution in [3.8, 4) is 11.5 Å². The summed E-state index contributed by atoms with van der Waals surface area (Å²) in [6, 6.07) is 6.36. The Kier molecular flexibility index (Phi) is 3.66. The first-order valence-corrected chi connectivity index (χ1v) is 7.55. The molecular formula is C14H12O6S. The third kappa shape index (κ3) is 2.78. The molecule has 0 amide bonds. The van der Waals surface area contributed by atoms with Gasteiger partial charge in [0.2, 0.25) is 0 Å². The predicted octanol–water partition coefficient (Wildman–Crippen LogP) is 2.06. The van der Waals surface area contributed by atoms with E-state index in [1.165, 1.54) is 12.3 Å². The molecule has 6 nitrogen and oxygen atoms in total. The Balaban J connectivity index is 1.82. The van der Waals surface area contributed by atoms with E-state index < -0.39 is 16.8 Å². The number of hydrogen-bond acceptors (Lipinski definition) is 5. The van der Waals surface area contributed by atoms with Crippen LogP contribution in [0.25, 0.3) is 0 Å². The first-order chi connectivity index (χ1) is 10.1. The lowest BCUT2D eigenvalue weighted by molar-refractivity contribution is 0.0695. The van der Waals surface area contributed by atoms with Crippen LogP contribution in [0.5, 0.6) is 11.5 Å². The highest BCUT2D eigenvalue weighted by molar-refractivity contribution is 7.84. The van der Waals surface area contributed by atoms with Crippen molar-refractivity contribution >= 4 is 16.8 Å². The van der Waals surface area contributed by atoms with Gasteiger partial charge in [-0.05, 0) is 18.2 Å². The molecule has 0 bridgehead atoms. The maximum Gasteiger partial charge on any atom is 0.339 e. The topological polar surface area (TPSA) is 86.0 Å². The quantitative estimate of drug-likeness (QED) is 0.930. The Morgan fingerprint density at radius 2 is 1.95 bits per heavy atom. The van der Waals surface area contributed by atoms with Crippen LogP contribution in [0.2, 0.25) is 0 Å². The highest BCUT2D eigenvalue weighted by atomic mass is 32.2. The van der Waals surface area contributed by atoms with Crippen LogP contribution < -0.4 is 9.47 Å². The fourth-order valence-corrected chi connectivity index (χ4v) is 3.10. The fourth-order valence-electron chi connectivity index (χ4n) is 2.01.